The van der Waals surface area contributed by atoms with E-state index in [-0.39, 0.29) is 5.97 Å². The molecule has 94 valence electrons. The zero-order valence-corrected chi connectivity index (χ0v) is 10.7. The molecule has 0 amide bonds. The van der Waals surface area contributed by atoms with Crippen molar-refractivity contribution in [3.63, 3.8) is 0 Å². The normalized spacial score (nSPS) is 10.1. The first kappa shape index (κ1) is 12.5. The van der Waals surface area contributed by atoms with E-state index in [4.69, 9.17) is 4.74 Å². The van der Waals surface area contributed by atoms with Crippen molar-refractivity contribution in [2.45, 2.75) is 13.5 Å². The second-order valence-corrected chi connectivity index (χ2v) is 4.20. The summed E-state index contributed by atoms with van der Waals surface area (Å²) >= 11 is 1.55. The number of carbonyl (C=O) groups excluding carboxylic acids is 1. The van der Waals surface area contributed by atoms with Crippen molar-refractivity contribution in [3.05, 3.63) is 40.5 Å². The molecular formula is C12H13N3O2S. The van der Waals surface area contributed by atoms with E-state index in [9.17, 15) is 4.79 Å². The molecular weight excluding hydrogens is 250 g/mol. The number of hydrogen-bond donors (Lipinski definition) is 1. The molecule has 0 aromatic carbocycles. The minimum atomic E-state index is -0.351. The van der Waals surface area contributed by atoms with Gasteiger partial charge < -0.3 is 10.1 Å². The van der Waals surface area contributed by atoms with E-state index >= 15 is 0 Å². The molecule has 0 atom stereocenters. The van der Waals surface area contributed by atoms with Gasteiger partial charge in [-0.15, -0.1) is 11.3 Å². The molecule has 0 saturated heterocycles. The molecule has 2 rings (SSSR count). The molecule has 5 nitrogen and oxygen atoms in total. The van der Waals surface area contributed by atoms with E-state index in [2.05, 4.69) is 15.3 Å². The maximum Gasteiger partial charge on any atom is 0.339 e. The van der Waals surface area contributed by atoms with E-state index in [1.165, 1.54) is 6.20 Å². The van der Waals surface area contributed by atoms with Crippen molar-refractivity contribution in [1.29, 1.82) is 0 Å². The predicted molar refractivity (Wildman–Crippen MR) is 69.6 cm³/mol. The Morgan fingerprint density at radius 2 is 2.33 bits per heavy atom. The first-order valence-electron chi connectivity index (χ1n) is 5.53. The third-order valence-electron chi connectivity index (χ3n) is 2.21. The van der Waals surface area contributed by atoms with Gasteiger partial charge in [0.2, 0.25) is 0 Å². The van der Waals surface area contributed by atoms with Gasteiger partial charge in [-0.25, -0.2) is 14.8 Å². The van der Waals surface area contributed by atoms with Gasteiger partial charge in [0.1, 0.15) is 5.82 Å². The summed E-state index contributed by atoms with van der Waals surface area (Å²) in [5.41, 5.74) is 3.21. The van der Waals surface area contributed by atoms with Gasteiger partial charge in [-0.2, -0.15) is 0 Å². The molecule has 1 N–H and O–H groups in total. The molecule has 0 aliphatic carbocycles. The van der Waals surface area contributed by atoms with Crippen molar-refractivity contribution in [1.82, 2.24) is 9.97 Å². The largest absolute Gasteiger partial charge is 0.462 e. The summed E-state index contributed by atoms with van der Waals surface area (Å²) in [6.07, 6.45) is 1.50. The molecule has 0 unspecified atom stereocenters. The fourth-order valence-corrected chi connectivity index (χ4v) is 1.90. The number of rotatable bonds is 5. The second-order valence-electron chi connectivity index (χ2n) is 3.49. The molecule has 2 heterocycles. The first-order chi connectivity index (χ1) is 8.79. The monoisotopic (exact) mass is 263 g/mol. The van der Waals surface area contributed by atoms with Crippen LogP contribution in [-0.2, 0) is 11.3 Å². The predicted octanol–water partition coefficient (Wildman–Crippen LogP) is 2.33. The topological polar surface area (TPSA) is 64.1 Å². The Bertz CT molecular complexity index is 497. The van der Waals surface area contributed by atoms with Crippen molar-refractivity contribution < 1.29 is 9.53 Å². The van der Waals surface area contributed by atoms with Gasteiger partial charge in [-0.05, 0) is 19.1 Å². The van der Waals surface area contributed by atoms with Crippen LogP contribution in [0.1, 0.15) is 23.0 Å². The van der Waals surface area contributed by atoms with Crippen LogP contribution in [0.2, 0.25) is 0 Å². The highest BCUT2D eigenvalue weighted by Crippen LogP contribution is 2.08. The van der Waals surface area contributed by atoms with Gasteiger partial charge in [0, 0.05) is 11.6 Å². The van der Waals surface area contributed by atoms with Gasteiger partial charge >= 0.3 is 5.97 Å². The van der Waals surface area contributed by atoms with E-state index in [0.29, 0.717) is 24.5 Å². The maximum atomic E-state index is 11.4. The van der Waals surface area contributed by atoms with Crippen LogP contribution in [0.3, 0.4) is 0 Å². The molecule has 18 heavy (non-hydrogen) atoms. The lowest BCUT2D eigenvalue weighted by Crippen LogP contribution is -2.06. The van der Waals surface area contributed by atoms with E-state index in [1.807, 2.05) is 5.38 Å². The maximum absolute atomic E-state index is 11.4. The lowest BCUT2D eigenvalue weighted by molar-refractivity contribution is 0.0526. The number of hydrogen-bond acceptors (Lipinski definition) is 6. The Balaban J connectivity index is 1.93. The van der Waals surface area contributed by atoms with Crippen LogP contribution in [-0.4, -0.2) is 22.5 Å². The van der Waals surface area contributed by atoms with Gasteiger partial charge in [0.25, 0.3) is 0 Å². The number of thiazole rings is 1. The fraction of sp³-hybridized carbons (Fsp3) is 0.250. The second kappa shape index (κ2) is 6.11. The van der Waals surface area contributed by atoms with Crippen molar-refractivity contribution in [3.8, 4) is 0 Å². The van der Waals surface area contributed by atoms with E-state index in [1.54, 1.807) is 35.9 Å². The minimum absolute atomic E-state index is 0.351. The van der Waals surface area contributed by atoms with Crippen LogP contribution < -0.4 is 5.32 Å². The van der Waals surface area contributed by atoms with Crippen molar-refractivity contribution in [2.75, 3.05) is 11.9 Å². The van der Waals surface area contributed by atoms with Crippen molar-refractivity contribution in [2.24, 2.45) is 0 Å². The van der Waals surface area contributed by atoms with E-state index in [0.717, 1.165) is 5.69 Å². The molecule has 0 aliphatic rings. The average Bonchev–Trinajstić information content (AvgIpc) is 2.90. The molecule has 0 aliphatic heterocycles. The zero-order chi connectivity index (χ0) is 12.8. The molecule has 0 fully saturated rings. The van der Waals surface area contributed by atoms with Crippen LogP contribution in [0.15, 0.2) is 29.2 Å². The molecule has 2 aromatic rings. The number of aromatic nitrogens is 2. The van der Waals surface area contributed by atoms with E-state index < -0.39 is 0 Å². The first-order valence-corrected chi connectivity index (χ1v) is 6.48. The van der Waals surface area contributed by atoms with Crippen LogP contribution in [0.25, 0.3) is 0 Å². The third kappa shape index (κ3) is 3.27. The molecule has 0 bridgehead atoms. The zero-order valence-electron chi connectivity index (χ0n) is 9.92. The smallest absolute Gasteiger partial charge is 0.339 e. The highest BCUT2D eigenvalue weighted by Gasteiger charge is 2.06. The van der Waals surface area contributed by atoms with Crippen LogP contribution in [0.4, 0.5) is 5.82 Å². The number of nitrogens with zero attached hydrogens (tertiary/aromatic N) is 2. The van der Waals surface area contributed by atoms with Crippen LogP contribution >= 0.6 is 11.3 Å². The summed E-state index contributed by atoms with van der Waals surface area (Å²) in [5, 5.41) is 5.10. The standard InChI is InChI=1S/C12H13N3O2S/c1-2-17-12(16)9-3-4-11(13-5-9)14-6-10-7-18-8-15-10/h3-5,7-8H,2,6H2,1H3,(H,13,14). The number of pyridine rings is 1. The Morgan fingerprint density at radius 1 is 1.44 bits per heavy atom. The van der Waals surface area contributed by atoms with Gasteiger partial charge in [-0.3, -0.25) is 0 Å². The lowest BCUT2D eigenvalue weighted by Gasteiger charge is -2.05. The van der Waals surface area contributed by atoms with Gasteiger partial charge in [0.15, 0.2) is 0 Å². The Morgan fingerprint density at radius 3 is 2.94 bits per heavy atom. The number of anilines is 1. The number of esters is 1. The summed E-state index contributed by atoms with van der Waals surface area (Å²) < 4.78 is 4.88. The number of nitrogens with one attached hydrogen (secondary N) is 1. The van der Waals surface area contributed by atoms with Gasteiger partial charge in [-0.1, -0.05) is 0 Å². The third-order valence-corrected chi connectivity index (χ3v) is 2.84. The summed E-state index contributed by atoms with van der Waals surface area (Å²) in [6, 6.07) is 3.44. The molecule has 0 radical (unpaired) electrons. The van der Waals surface area contributed by atoms with Crippen LogP contribution in [0.5, 0.6) is 0 Å². The lowest BCUT2D eigenvalue weighted by atomic mass is 10.3. The summed E-state index contributed by atoms with van der Waals surface area (Å²) in [4.78, 5) is 19.7. The average molecular weight is 263 g/mol. The highest BCUT2D eigenvalue weighted by atomic mass is 32.1. The number of carbonyl (C=O) groups is 1. The Kier molecular flexibility index (Phi) is 4.25. The number of ether oxygens (including phenoxy) is 1. The SMILES string of the molecule is CCOC(=O)c1ccc(NCc2cscn2)nc1. The Labute approximate surface area is 109 Å². The molecule has 6 heteroatoms. The van der Waals surface area contributed by atoms with Gasteiger partial charge in [0.05, 0.1) is 29.9 Å². The minimum Gasteiger partial charge on any atom is -0.462 e. The summed E-state index contributed by atoms with van der Waals surface area (Å²) in [7, 11) is 0. The van der Waals surface area contributed by atoms with Crippen LogP contribution in [0, 0.1) is 0 Å². The summed E-state index contributed by atoms with van der Waals surface area (Å²) in [5.74, 6) is 0.354. The molecule has 2 aromatic heterocycles. The molecule has 0 saturated carbocycles. The fourth-order valence-electron chi connectivity index (χ4n) is 1.34. The Hall–Kier alpha value is -1.95. The van der Waals surface area contributed by atoms with Crippen molar-refractivity contribution >= 4 is 23.1 Å². The summed E-state index contributed by atoms with van der Waals surface area (Å²) in [6.45, 7) is 2.76. The molecule has 0 spiro atoms. The quantitative estimate of drug-likeness (QED) is 0.839. The highest BCUT2D eigenvalue weighted by molar-refractivity contribution is 7.07.